The van der Waals surface area contributed by atoms with Gasteiger partial charge in [-0.15, -0.1) is 0 Å². The molecule has 0 radical (unpaired) electrons. The van der Waals surface area contributed by atoms with E-state index in [1.165, 1.54) is 6.08 Å². The first-order valence-corrected chi connectivity index (χ1v) is 4.16. The highest BCUT2D eigenvalue weighted by Crippen LogP contribution is 1.99. The summed E-state index contributed by atoms with van der Waals surface area (Å²) in [7, 11) is 0. The fourth-order valence-electron chi connectivity index (χ4n) is 0.821. The van der Waals surface area contributed by atoms with E-state index >= 15 is 0 Å². The molecular formula is C9H15NO3. The number of allylic oxidation sites excluding steroid dienone is 1. The van der Waals surface area contributed by atoms with Crippen molar-refractivity contribution in [1.82, 2.24) is 5.32 Å². The first-order valence-electron chi connectivity index (χ1n) is 4.16. The second-order valence-electron chi connectivity index (χ2n) is 3.15. The van der Waals surface area contributed by atoms with Gasteiger partial charge in [0.2, 0.25) is 5.91 Å². The molecule has 0 heterocycles. The van der Waals surface area contributed by atoms with Crippen LogP contribution in [0, 0.1) is 5.92 Å². The summed E-state index contributed by atoms with van der Waals surface area (Å²) in [4.78, 5) is 21.6. The number of carboxylic acid groups (broad SMARTS) is 1. The van der Waals surface area contributed by atoms with E-state index in [2.05, 4.69) is 5.32 Å². The molecule has 4 nitrogen and oxygen atoms in total. The van der Waals surface area contributed by atoms with Gasteiger partial charge in [-0.1, -0.05) is 19.9 Å². The van der Waals surface area contributed by atoms with Gasteiger partial charge >= 0.3 is 5.97 Å². The largest absolute Gasteiger partial charge is 0.477 e. The van der Waals surface area contributed by atoms with E-state index in [-0.39, 0.29) is 17.5 Å². The van der Waals surface area contributed by atoms with E-state index < -0.39 is 5.97 Å². The number of carbonyl (C=O) groups is 2. The summed E-state index contributed by atoms with van der Waals surface area (Å²) in [5.41, 5.74) is -0.0642. The van der Waals surface area contributed by atoms with Gasteiger partial charge in [0.05, 0.1) is 0 Å². The molecule has 0 aliphatic carbocycles. The topological polar surface area (TPSA) is 66.4 Å². The molecule has 0 bridgehead atoms. The number of rotatable bonds is 4. The number of aliphatic carboxylic acids is 1. The number of hydrogen-bond donors (Lipinski definition) is 2. The third kappa shape index (κ3) is 5.00. The van der Waals surface area contributed by atoms with Gasteiger partial charge in [0.15, 0.2) is 0 Å². The van der Waals surface area contributed by atoms with Crippen LogP contribution in [0.3, 0.4) is 0 Å². The maximum atomic E-state index is 11.1. The molecule has 0 saturated heterocycles. The normalized spacial score (nSPS) is 11.5. The van der Waals surface area contributed by atoms with Crippen molar-refractivity contribution in [3.63, 3.8) is 0 Å². The molecule has 0 spiro atoms. The Morgan fingerprint density at radius 3 is 2.31 bits per heavy atom. The Morgan fingerprint density at radius 2 is 2.00 bits per heavy atom. The van der Waals surface area contributed by atoms with Crippen molar-refractivity contribution in [3.8, 4) is 0 Å². The Bertz CT molecular complexity index is 231. The molecule has 0 aliphatic heterocycles. The molecule has 0 rings (SSSR count). The molecule has 0 saturated carbocycles. The molecular weight excluding hydrogens is 170 g/mol. The van der Waals surface area contributed by atoms with Crippen LogP contribution < -0.4 is 5.32 Å². The molecule has 74 valence electrons. The molecule has 13 heavy (non-hydrogen) atoms. The van der Waals surface area contributed by atoms with Crippen molar-refractivity contribution in [2.24, 2.45) is 5.92 Å². The molecule has 0 aromatic rings. The van der Waals surface area contributed by atoms with Gasteiger partial charge in [-0.3, -0.25) is 4.79 Å². The fourth-order valence-corrected chi connectivity index (χ4v) is 0.821. The minimum Gasteiger partial charge on any atom is -0.477 e. The summed E-state index contributed by atoms with van der Waals surface area (Å²) in [5.74, 6) is -1.14. The summed E-state index contributed by atoms with van der Waals surface area (Å²) in [6.07, 6.45) is 1.70. The van der Waals surface area contributed by atoms with Crippen LogP contribution in [0.15, 0.2) is 11.8 Å². The average Bonchev–Trinajstić information content (AvgIpc) is 1.98. The van der Waals surface area contributed by atoms with Crippen molar-refractivity contribution in [2.75, 3.05) is 0 Å². The maximum absolute atomic E-state index is 11.1. The average molecular weight is 185 g/mol. The summed E-state index contributed by atoms with van der Waals surface area (Å²) in [6.45, 7) is 5.37. The molecule has 0 fully saturated rings. The Hall–Kier alpha value is -1.32. The smallest absolute Gasteiger partial charge is 0.352 e. The van der Waals surface area contributed by atoms with E-state index in [4.69, 9.17) is 5.11 Å². The predicted molar refractivity (Wildman–Crippen MR) is 49.0 cm³/mol. The highest BCUT2D eigenvalue weighted by molar-refractivity contribution is 5.92. The quantitative estimate of drug-likeness (QED) is 0.645. The van der Waals surface area contributed by atoms with Gasteiger partial charge < -0.3 is 10.4 Å². The Kier molecular flexibility index (Phi) is 4.80. The van der Waals surface area contributed by atoms with Gasteiger partial charge in [0, 0.05) is 6.42 Å². The van der Waals surface area contributed by atoms with Crippen molar-refractivity contribution >= 4 is 11.9 Å². The molecule has 2 N–H and O–H groups in total. The van der Waals surface area contributed by atoms with Crippen molar-refractivity contribution < 1.29 is 14.7 Å². The van der Waals surface area contributed by atoms with E-state index in [1.807, 2.05) is 13.8 Å². The van der Waals surface area contributed by atoms with Crippen LogP contribution in [0.4, 0.5) is 0 Å². The molecule has 0 aliphatic rings. The van der Waals surface area contributed by atoms with E-state index in [9.17, 15) is 9.59 Å². The zero-order valence-corrected chi connectivity index (χ0v) is 8.13. The van der Waals surface area contributed by atoms with E-state index in [0.29, 0.717) is 6.42 Å². The zero-order valence-electron chi connectivity index (χ0n) is 8.13. The molecule has 4 heteroatoms. The molecule has 0 atom stereocenters. The van der Waals surface area contributed by atoms with Crippen LogP contribution >= 0.6 is 0 Å². The van der Waals surface area contributed by atoms with Crippen LogP contribution in [-0.2, 0) is 9.59 Å². The SMILES string of the molecule is C/C=C(\NC(=O)CC(C)C)C(=O)O. The van der Waals surface area contributed by atoms with Crippen molar-refractivity contribution in [1.29, 1.82) is 0 Å². The zero-order chi connectivity index (χ0) is 10.4. The summed E-state index contributed by atoms with van der Waals surface area (Å²) < 4.78 is 0. The monoisotopic (exact) mass is 185 g/mol. The molecule has 1 amide bonds. The minimum atomic E-state index is -1.11. The Labute approximate surface area is 77.6 Å². The second-order valence-corrected chi connectivity index (χ2v) is 3.15. The van der Waals surface area contributed by atoms with Crippen LogP contribution in [0.25, 0.3) is 0 Å². The van der Waals surface area contributed by atoms with Crippen molar-refractivity contribution in [2.45, 2.75) is 27.2 Å². The minimum absolute atomic E-state index is 0.0642. The molecule has 0 aromatic carbocycles. The lowest BCUT2D eigenvalue weighted by molar-refractivity contribution is -0.134. The van der Waals surface area contributed by atoms with Gasteiger partial charge in [-0.25, -0.2) is 4.79 Å². The third-order valence-corrected chi connectivity index (χ3v) is 1.39. The maximum Gasteiger partial charge on any atom is 0.352 e. The van der Waals surface area contributed by atoms with Gasteiger partial charge in [0.25, 0.3) is 0 Å². The lowest BCUT2D eigenvalue weighted by atomic mass is 10.1. The van der Waals surface area contributed by atoms with Gasteiger partial charge in [-0.05, 0) is 12.8 Å². The summed E-state index contributed by atoms with van der Waals surface area (Å²) >= 11 is 0. The molecule has 0 aromatic heterocycles. The first kappa shape index (κ1) is 11.7. The van der Waals surface area contributed by atoms with Crippen molar-refractivity contribution in [3.05, 3.63) is 11.8 Å². The number of amides is 1. The first-order chi connectivity index (χ1) is 5.97. The Morgan fingerprint density at radius 1 is 1.46 bits per heavy atom. The third-order valence-electron chi connectivity index (χ3n) is 1.39. The predicted octanol–water partition coefficient (Wildman–Crippen LogP) is 1.14. The van der Waals surface area contributed by atoms with Gasteiger partial charge in [-0.2, -0.15) is 0 Å². The standard InChI is InChI=1S/C9H15NO3/c1-4-7(9(12)13)10-8(11)5-6(2)3/h4,6H,5H2,1-3H3,(H,10,11)(H,12,13)/b7-4-. The molecule has 0 unspecified atom stereocenters. The lowest BCUT2D eigenvalue weighted by Crippen LogP contribution is -2.27. The summed E-state index contributed by atoms with van der Waals surface area (Å²) in [5, 5.41) is 10.9. The number of hydrogen-bond acceptors (Lipinski definition) is 2. The second kappa shape index (κ2) is 5.35. The fraction of sp³-hybridized carbons (Fsp3) is 0.556. The Balaban J connectivity index is 4.11. The summed E-state index contributed by atoms with van der Waals surface area (Å²) in [6, 6.07) is 0. The van der Waals surface area contributed by atoms with Gasteiger partial charge in [0.1, 0.15) is 5.70 Å². The van der Waals surface area contributed by atoms with Crippen LogP contribution in [0.5, 0.6) is 0 Å². The highest BCUT2D eigenvalue weighted by Gasteiger charge is 2.10. The number of carbonyl (C=O) groups excluding carboxylic acids is 1. The van der Waals surface area contributed by atoms with Crippen LogP contribution in [0.2, 0.25) is 0 Å². The lowest BCUT2D eigenvalue weighted by Gasteiger charge is -2.06. The number of carboxylic acids is 1. The van der Waals surface area contributed by atoms with E-state index in [1.54, 1.807) is 6.92 Å². The highest BCUT2D eigenvalue weighted by atomic mass is 16.4. The number of nitrogens with one attached hydrogen (secondary N) is 1. The van der Waals surface area contributed by atoms with Crippen LogP contribution in [0.1, 0.15) is 27.2 Å². The van der Waals surface area contributed by atoms with E-state index in [0.717, 1.165) is 0 Å². The van der Waals surface area contributed by atoms with Crippen LogP contribution in [-0.4, -0.2) is 17.0 Å².